The van der Waals surface area contributed by atoms with E-state index < -0.39 is 5.91 Å². The molecule has 0 atom stereocenters. The van der Waals surface area contributed by atoms with E-state index in [9.17, 15) is 4.79 Å². The molecule has 1 aromatic heterocycles. The highest BCUT2D eigenvalue weighted by Gasteiger charge is 2.04. The Labute approximate surface area is 105 Å². The van der Waals surface area contributed by atoms with E-state index >= 15 is 0 Å². The van der Waals surface area contributed by atoms with Gasteiger partial charge in [-0.2, -0.15) is 0 Å². The van der Waals surface area contributed by atoms with Gasteiger partial charge in [0.2, 0.25) is 5.91 Å². The molecule has 0 aliphatic carbocycles. The Bertz CT molecular complexity index is 576. The Kier molecular flexibility index (Phi) is 3.27. The number of amides is 1. The zero-order valence-corrected chi connectivity index (χ0v) is 10.3. The van der Waals surface area contributed by atoms with Crippen LogP contribution in [0, 0.1) is 6.92 Å². The number of aromatic nitrogens is 3. The molecule has 0 saturated heterocycles. The van der Waals surface area contributed by atoms with Crippen molar-refractivity contribution in [2.24, 2.45) is 12.8 Å². The molecule has 0 aliphatic heterocycles. The molecule has 0 spiro atoms. The lowest BCUT2D eigenvalue weighted by Gasteiger charge is -2.08. The number of aryl methyl sites for hydroxylation is 2. The molecule has 2 rings (SSSR count). The van der Waals surface area contributed by atoms with E-state index in [4.69, 9.17) is 5.73 Å². The summed E-state index contributed by atoms with van der Waals surface area (Å²) in [5.41, 5.74) is 8.51. The van der Waals surface area contributed by atoms with E-state index in [1.54, 1.807) is 16.8 Å². The van der Waals surface area contributed by atoms with Gasteiger partial charge in [-0.15, -0.1) is 5.10 Å². The Morgan fingerprint density at radius 2 is 2.28 bits per heavy atom. The molecule has 0 unspecified atom stereocenters. The van der Waals surface area contributed by atoms with Crippen LogP contribution in [0.5, 0.6) is 0 Å². The van der Waals surface area contributed by atoms with Crippen LogP contribution in [0.4, 0.5) is 5.69 Å². The number of nitrogens with one attached hydrogen (secondary N) is 1. The number of nitrogens with two attached hydrogens (primary N) is 1. The zero-order valence-electron chi connectivity index (χ0n) is 10.3. The minimum Gasteiger partial charge on any atom is -0.379 e. The highest BCUT2D eigenvalue weighted by Crippen LogP contribution is 2.16. The summed E-state index contributed by atoms with van der Waals surface area (Å²) in [6.45, 7) is 2.51. The van der Waals surface area contributed by atoms with Gasteiger partial charge in [0.25, 0.3) is 0 Å². The standard InChI is InChI=1S/C12H15N5O/c1-8-5-9(12(13)18)3-4-11(8)14-6-10-7-17(2)16-15-10/h3-5,7,14H,6H2,1-2H3,(H2,13,18). The first-order valence-electron chi connectivity index (χ1n) is 5.56. The summed E-state index contributed by atoms with van der Waals surface area (Å²) < 4.78 is 1.65. The molecule has 6 nitrogen and oxygen atoms in total. The number of nitrogens with zero attached hydrogens (tertiary/aromatic N) is 3. The van der Waals surface area contributed by atoms with Crippen LogP contribution in [0.3, 0.4) is 0 Å². The van der Waals surface area contributed by atoms with Crippen molar-refractivity contribution in [1.82, 2.24) is 15.0 Å². The average Bonchev–Trinajstić information content (AvgIpc) is 2.73. The van der Waals surface area contributed by atoms with Crippen molar-refractivity contribution in [3.63, 3.8) is 0 Å². The lowest BCUT2D eigenvalue weighted by Crippen LogP contribution is -2.11. The first-order chi connectivity index (χ1) is 8.56. The molecule has 94 valence electrons. The van der Waals surface area contributed by atoms with E-state index in [1.807, 2.05) is 26.2 Å². The predicted molar refractivity (Wildman–Crippen MR) is 68.0 cm³/mol. The third-order valence-corrected chi connectivity index (χ3v) is 2.62. The van der Waals surface area contributed by atoms with E-state index in [1.165, 1.54) is 0 Å². The molecular formula is C12H15N5O. The summed E-state index contributed by atoms with van der Waals surface area (Å²) in [6.07, 6.45) is 1.85. The van der Waals surface area contributed by atoms with Crippen molar-refractivity contribution in [2.45, 2.75) is 13.5 Å². The molecule has 3 N–H and O–H groups in total. The summed E-state index contributed by atoms with van der Waals surface area (Å²) in [4.78, 5) is 11.0. The fourth-order valence-corrected chi connectivity index (χ4v) is 1.68. The summed E-state index contributed by atoms with van der Waals surface area (Å²) in [5.74, 6) is -0.418. The van der Waals surface area contributed by atoms with Gasteiger partial charge in [-0.05, 0) is 30.7 Å². The van der Waals surface area contributed by atoms with E-state index in [0.717, 1.165) is 16.9 Å². The Morgan fingerprint density at radius 1 is 1.50 bits per heavy atom. The summed E-state index contributed by atoms with van der Waals surface area (Å²) in [7, 11) is 1.82. The van der Waals surface area contributed by atoms with E-state index in [0.29, 0.717) is 12.1 Å². The number of hydrogen-bond donors (Lipinski definition) is 2. The molecule has 18 heavy (non-hydrogen) atoms. The molecule has 0 aliphatic rings. The first kappa shape index (κ1) is 12.1. The Morgan fingerprint density at radius 3 is 2.83 bits per heavy atom. The van der Waals surface area contributed by atoms with Gasteiger partial charge in [0.1, 0.15) is 5.69 Å². The maximum absolute atomic E-state index is 11.0. The van der Waals surface area contributed by atoms with Gasteiger partial charge < -0.3 is 11.1 Å². The SMILES string of the molecule is Cc1cc(C(N)=O)ccc1NCc1cn(C)nn1. The van der Waals surface area contributed by atoms with Crippen LogP contribution in [-0.4, -0.2) is 20.9 Å². The largest absolute Gasteiger partial charge is 0.379 e. The van der Waals surface area contributed by atoms with Crippen LogP contribution in [0.1, 0.15) is 21.6 Å². The van der Waals surface area contributed by atoms with Gasteiger partial charge in [-0.3, -0.25) is 9.48 Å². The molecule has 1 amide bonds. The Balaban J connectivity index is 2.08. The lowest BCUT2D eigenvalue weighted by atomic mass is 10.1. The molecule has 0 saturated carbocycles. The third kappa shape index (κ3) is 2.65. The van der Waals surface area contributed by atoms with Crippen molar-refractivity contribution in [1.29, 1.82) is 0 Å². The maximum atomic E-state index is 11.0. The summed E-state index contributed by atoms with van der Waals surface area (Å²) >= 11 is 0. The first-order valence-corrected chi connectivity index (χ1v) is 5.56. The molecule has 6 heteroatoms. The number of anilines is 1. The minimum absolute atomic E-state index is 0.418. The molecule has 1 heterocycles. The van der Waals surface area contributed by atoms with Crippen LogP contribution in [0.2, 0.25) is 0 Å². The minimum atomic E-state index is -0.418. The van der Waals surface area contributed by atoms with Crippen LogP contribution in [0.15, 0.2) is 24.4 Å². The second-order valence-corrected chi connectivity index (χ2v) is 4.13. The van der Waals surface area contributed by atoms with Crippen molar-refractivity contribution >= 4 is 11.6 Å². The monoisotopic (exact) mass is 245 g/mol. The zero-order chi connectivity index (χ0) is 13.1. The van der Waals surface area contributed by atoms with Crippen molar-refractivity contribution in [3.05, 3.63) is 41.2 Å². The number of carbonyl (C=O) groups is 1. The van der Waals surface area contributed by atoms with Gasteiger partial charge in [0, 0.05) is 24.5 Å². The van der Waals surface area contributed by atoms with Crippen molar-refractivity contribution < 1.29 is 4.79 Å². The molecule has 0 bridgehead atoms. The van der Waals surface area contributed by atoms with Crippen LogP contribution >= 0.6 is 0 Å². The number of rotatable bonds is 4. The molecule has 0 radical (unpaired) electrons. The number of primary amides is 1. The summed E-state index contributed by atoms with van der Waals surface area (Å²) in [5, 5.41) is 11.1. The summed E-state index contributed by atoms with van der Waals surface area (Å²) in [6, 6.07) is 5.31. The third-order valence-electron chi connectivity index (χ3n) is 2.62. The van der Waals surface area contributed by atoms with E-state index in [2.05, 4.69) is 15.6 Å². The Hall–Kier alpha value is -2.37. The van der Waals surface area contributed by atoms with Gasteiger partial charge in [-0.1, -0.05) is 5.21 Å². The second-order valence-electron chi connectivity index (χ2n) is 4.13. The topological polar surface area (TPSA) is 85.8 Å². The maximum Gasteiger partial charge on any atom is 0.248 e. The van der Waals surface area contributed by atoms with Gasteiger partial charge in [0.05, 0.1) is 6.54 Å². The quantitative estimate of drug-likeness (QED) is 0.835. The van der Waals surface area contributed by atoms with Crippen molar-refractivity contribution in [3.8, 4) is 0 Å². The highest BCUT2D eigenvalue weighted by molar-refractivity contribution is 5.93. The second kappa shape index (κ2) is 4.87. The predicted octanol–water partition coefficient (Wildman–Crippen LogP) is 0.835. The van der Waals surface area contributed by atoms with E-state index in [-0.39, 0.29) is 0 Å². The molecule has 2 aromatic rings. The number of hydrogen-bond acceptors (Lipinski definition) is 4. The van der Waals surface area contributed by atoms with Crippen LogP contribution in [0.25, 0.3) is 0 Å². The van der Waals surface area contributed by atoms with Gasteiger partial charge in [0.15, 0.2) is 0 Å². The molecular weight excluding hydrogens is 230 g/mol. The van der Waals surface area contributed by atoms with Crippen LogP contribution in [-0.2, 0) is 13.6 Å². The fourth-order valence-electron chi connectivity index (χ4n) is 1.68. The molecule has 0 fully saturated rings. The van der Waals surface area contributed by atoms with Crippen molar-refractivity contribution in [2.75, 3.05) is 5.32 Å². The van der Waals surface area contributed by atoms with Gasteiger partial charge >= 0.3 is 0 Å². The highest BCUT2D eigenvalue weighted by atomic mass is 16.1. The normalized spacial score (nSPS) is 10.3. The lowest BCUT2D eigenvalue weighted by molar-refractivity contribution is 0.1000. The number of benzene rings is 1. The van der Waals surface area contributed by atoms with Gasteiger partial charge in [-0.25, -0.2) is 0 Å². The number of carbonyl (C=O) groups excluding carboxylic acids is 1. The smallest absolute Gasteiger partial charge is 0.248 e. The average molecular weight is 245 g/mol. The van der Waals surface area contributed by atoms with Crippen LogP contribution < -0.4 is 11.1 Å². The fraction of sp³-hybridized carbons (Fsp3) is 0.250. The molecule has 1 aromatic carbocycles.